The second kappa shape index (κ2) is 5.53. The molecule has 0 radical (unpaired) electrons. The van der Waals surface area contributed by atoms with E-state index in [1.54, 1.807) is 0 Å². The first kappa shape index (κ1) is 14.0. The van der Waals surface area contributed by atoms with E-state index in [1.165, 1.54) is 30.4 Å². The fourth-order valence-electron chi connectivity index (χ4n) is 3.93. The summed E-state index contributed by atoms with van der Waals surface area (Å²) in [6.07, 6.45) is 3.67. The Hall–Kier alpha value is -1.64. The minimum absolute atomic E-state index is 0.146. The quantitative estimate of drug-likeness (QED) is 0.933. The Morgan fingerprint density at radius 2 is 1.45 bits per heavy atom. The van der Waals surface area contributed by atoms with E-state index in [4.69, 9.17) is 5.73 Å². The van der Waals surface area contributed by atoms with E-state index in [2.05, 4.69) is 65.6 Å². The molecule has 4 rings (SSSR count). The molecule has 0 spiro atoms. The van der Waals surface area contributed by atoms with Crippen LogP contribution < -0.4 is 5.73 Å². The molecule has 2 heteroatoms. The highest BCUT2D eigenvalue weighted by molar-refractivity contribution is 5.32. The third-order valence-electron chi connectivity index (χ3n) is 5.46. The normalized spacial score (nSPS) is 23.8. The molecule has 2 aromatic rings. The second-order valence-electron chi connectivity index (χ2n) is 6.94. The van der Waals surface area contributed by atoms with Crippen molar-refractivity contribution >= 4 is 0 Å². The molecule has 22 heavy (non-hydrogen) atoms. The van der Waals surface area contributed by atoms with Crippen LogP contribution in [0.25, 0.3) is 0 Å². The van der Waals surface area contributed by atoms with Gasteiger partial charge in [-0.2, -0.15) is 0 Å². The molecule has 2 nitrogen and oxygen atoms in total. The van der Waals surface area contributed by atoms with Crippen LogP contribution in [0.4, 0.5) is 0 Å². The summed E-state index contributed by atoms with van der Waals surface area (Å²) in [6, 6.07) is 22.1. The highest BCUT2D eigenvalue weighted by atomic mass is 15.2. The van der Waals surface area contributed by atoms with Crippen molar-refractivity contribution in [2.24, 2.45) is 11.7 Å². The third-order valence-corrected chi connectivity index (χ3v) is 5.46. The van der Waals surface area contributed by atoms with Crippen molar-refractivity contribution < 1.29 is 0 Å². The SMILES string of the molecule is NC1(C2CCN(C(c3ccccc3)c3ccccc3)C2)CC1. The summed E-state index contributed by atoms with van der Waals surface area (Å²) in [5, 5.41) is 0. The molecule has 1 saturated carbocycles. The van der Waals surface area contributed by atoms with Crippen LogP contribution in [0.2, 0.25) is 0 Å². The van der Waals surface area contributed by atoms with Gasteiger partial charge in [0, 0.05) is 12.1 Å². The van der Waals surface area contributed by atoms with Crippen LogP contribution in [0.5, 0.6) is 0 Å². The first-order valence-electron chi connectivity index (χ1n) is 8.39. The fraction of sp³-hybridized carbons (Fsp3) is 0.400. The summed E-state index contributed by atoms with van der Waals surface area (Å²) in [4.78, 5) is 2.63. The van der Waals surface area contributed by atoms with Gasteiger partial charge in [-0.3, -0.25) is 4.90 Å². The third kappa shape index (κ3) is 2.57. The largest absolute Gasteiger partial charge is 0.325 e. The highest BCUT2D eigenvalue weighted by Gasteiger charge is 2.48. The Kier molecular flexibility index (Phi) is 3.51. The maximum Gasteiger partial charge on any atom is 0.0601 e. The van der Waals surface area contributed by atoms with Crippen molar-refractivity contribution in [1.82, 2.24) is 4.90 Å². The topological polar surface area (TPSA) is 29.3 Å². The van der Waals surface area contributed by atoms with Gasteiger partial charge in [0.1, 0.15) is 0 Å². The van der Waals surface area contributed by atoms with Gasteiger partial charge in [-0.05, 0) is 42.9 Å². The van der Waals surface area contributed by atoms with Gasteiger partial charge in [0.25, 0.3) is 0 Å². The molecule has 1 aliphatic carbocycles. The first-order valence-corrected chi connectivity index (χ1v) is 8.39. The molecule has 1 atom stereocenters. The standard InChI is InChI=1S/C20H24N2/c21-20(12-13-20)18-11-14-22(15-18)19(16-7-3-1-4-8-16)17-9-5-2-6-10-17/h1-10,18-19H,11-15,21H2. The Bertz CT molecular complexity index is 579. The zero-order valence-corrected chi connectivity index (χ0v) is 13.0. The average molecular weight is 292 g/mol. The molecule has 1 saturated heterocycles. The van der Waals surface area contributed by atoms with Gasteiger partial charge in [0.2, 0.25) is 0 Å². The van der Waals surface area contributed by atoms with Crippen LogP contribution in [0, 0.1) is 5.92 Å². The summed E-state index contributed by atoms with van der Waals surface area (Å²) < 4.78 is 0. The van der Waals surface area contributed by atoms with Crippen LogP contribution in [-0.2, 0) is 0 Å². The highest BCUT2D eigenvalue weighted by Crippen LogP contribution is 2.45. The lowest BCUT2D eigenvalue weighted by Gasteiger charge is -2.29. The van der Waals surface area contributed by atoms with Crippen LogP contribution in [0.1, 0.15) is 36.4 Å². The van der Waals surface area contributed by atoms with Crippen LogP contribution >= 0.6 is 0 Å². The molecule has 2 aliphatic rings. The zero-order chi connectivity index (χ0) is 15.0. The van der Waals surface area contributed by atoms with E-state index >= 15 is 0 Å². The lowest BCUT2D eigenvalue weighted by Crippen LogP contribution is -2.35. The number of hydrogen-bond acceptors (Lipinski definition) is 2. The fourth-order valence-corrected chi connectivity index (χ4v) is 3.93. The predicted octanol–water partition coefficient (Wildman–Crippen LogP) is 3.59. The van der Waals surface area contributed by atoms with E-state index < -0.39 is 0 Å². The van der Waals surface area contributed by atoms with Gasteiger partial charge >= 0.3 is 0 Å². The molecule has 1 heterocycles. The zero-order valence-electron chi connectivity index (χ0n) is 13.0. The van der Waals surface area contributed by atoms with Crippen molar-refractivity contribution in [1.29, 1.82) is 0 Å². The molecule has 0 aromatic heterocycles. The van der Waals surface area contributed by atoms with Crippen LogP contribution in [0.15, 0.2) is 60.7 Å². The van der Waals surface area contributed by atoms with E-state index in [1.807, 2.05) is 0 Å². The smallest absolute Gasteiger partial charge is 0.0601 e. The van der Waals surface area contributed by atoms with Crippen molar-refractivity contribution in [3.05, 3.63) is 71.8 Å². The molecule has 1 unspecified atom stereocenters. The predicted molar refractivity (Wildman–Crippen MR) is 90.6 cm³/mol. The van der Waals surface area contributed by atoms with Gasteiger partial charge in [0.15, 0.2) is 0 Å². The van der Waals surface area contributed by atoms with Gasteiger partial charge in [-0.1, -0.05) is 60.7 Å². The summed E-state index contributed by atoms with van der Waals surface area (Å²) in [5.41, 5.74) is 9.38. The number of likely N-dealkylation sites (tertiary alicyclic amines) is 1. The van der Waals surface area contributed by atoms with Gasteiger partial charge in [-0.15, -0.1) is 0 Å². The van der Waals surface area contributed by atoms with Gasteiger partial charge in [0.05, 0.1) is 6.04 Å². The minimum atomic E-state index is 0.146. The number of benzene rings is 2. The molecule has 0 bridgehead atoms. The molecule has 0 amide bonds. The number of nitrogens with two attached hydrogens (primary N) is 1. The lowest BCUT2D eigenvalue weighted by atomic mass is 9.96. The number of hydrogen-bond donors (Lipinski definition) is 1. The molecule has 2 aromatic carbocycles. The molecule has 2 fully saturated rings. The van der Waals surface area contributed by atoms with Crippen molar-refractivity contribution in [2.75, 3.05) is 13.1 Å². The van der Waals surface area contributed by atoms with Crippen molar-refractivity contribution in [3.63, 3.8) is 0 Å². The van der Waals surface area contributed by atoms with Gasteiger partial charge < -0.3 is 5.73 Å². The van der Waals surface area contributed by atoms with E-state index in [0.717, 1.165) is 13.1 Å². The van der Waals surface area contributed by atoms with Crippen molar-refractivity contribution in [3.8, 4) is 0 Å². The maximum absolute atomic E-state index is 6.46. The summed E-state index contributed by atoms with van der Waals surface area (Å²) in [6.45, 7) is 2.28. The Labute approximate surface area is 132 Å². The van der Waals surface area contributed by atoms with Crippen molar-refractivity contribution in [2.45, 2.75) is 30.8 Å². The molecule has 1 aliphatic heterocycles. The molecule has 114 valence electrons. The second-order valence-corrected chi connectivity index (χ2v) is 6.94. The lowest BCUT2D eigenvalue weighted by molar-refractivity contribution is 0.260. The molecular weight excluding hydrogens is 268 g/mol. The monoisotopic (exact) mass is 292 g/mol. The summed E-state index contributed by atoms with van der Waals surface area (Å²) in [5.74, 6) is 0.669. The van der Waals surface area contributed by atoms with Gasteiger partial charge in [-0.25, -0.2) is 0 Å². The van der Waals surface area contributed by atoms with Crippen LogP contribution in [0.3, 0.4) is 0 Å². The Morgan fingerprint density at radius 1 is 0.909 bits per heavy atom. The first-order chi connectivity index (χ1) is 10.8. The molecular formula is C20H24N2. The average Bonchev–Trinajstić information content (AvgIpc) is 3.12. The van der Waals surface area contributed by atoms with E-state index in [0.29, 0.717) is 12.0 Å². The van der Waals surface area contributed by atoms with Crippen LogP contribution in [-0.4, -0.2) is 23.5 Å². The number of nitrogens with zero attached hydrogens (tertiary/aromatic N) is 1. The maximum atomic E-state index is 6.46. The Balaban J connectivity index is 1.64. The minimum Gasteiger partial charge on any atom is -0.325 e. The summed E-state index contributed by atoms with van der Waals surface area (Å²) >= 11 is 0. The van der Waals surface area contributed by atoms with E-state index in [9.17, 15) is 0 Å². The number of rotatable bonds is 4. The van der Waals surface area contributed by atoms with E-state index in [-0.39, 0.29) is 5.54 Å². The Morgan fingerprint density at radius 3 is 1.95 bits per heavy atom. The summed E-state index contributed by atoms with van der Waals surface area (Å²) in [7, 11) is 0. The molecule has 2 N–H and O–H groups in total.